The Labute approximate surface area is 173 Å². The number of H-pyrrole nitrogens is 1. The fourth-order valence-corrected chi connectivity index (χ4v) is 4.91. The Bertz CT molecular complexity index is 1240. The molecule has 0 radical (unpaired) electrons. The van der Waals surface area contributed by atoms with E-state index in [1.54, 1.807) is 12.1 Å². The van der Waals surface area contributed by atoms with E-state index in [9.17, 15) is 4.79 Å². The molecule has 3 N–H and O–H groups in total. The lowest BCUT2D eigenvalue weighted by Gasteiger charge is -2.10. The summed E-state index contributed by atoms with van der Waals surface area (Å²) in [7, 11) is 0. The number of nitrogens with zero attached hydrogens (tertiary/aromatic N) is 4. The van der Waals surface area contributed by atoms with Gasteiger partial charge in [-0.05, 0) is 38.5 Å². The first-order chi connectivity index (χ1) is 13.3. The SMILES string of the molecule is Cc1sc2nc([C@@H](C)Sc3nnc(-c4cccc(Cl)c4)n3N)[nH]c(=O)c2c1C. The van der Waals surface area contributed by atoms with Crippen LogP contribution in [0.15, 0.2) is 34.2 Å². The maximum absolute atomic E-state index is 12.5. The summed E-state index contributed by atoms with van der Waals surface area (Å²) in [5.41, 5.74) is 1.64. The van der Waals surface area contributed by atoms with Gasteiger partial charge in [0.15, 0.2) is 5.82 Å². The van der Waals surface area contributed by atoms with Gasteiger partial charge in [-0.2, -0.15) is 0 Å². The van der Waals surface area contributed by atoms with E-state index >= 15 is 0 Å². The second-order valence-corrected chi connectivity index (χ2v) is 9.31. The zero-order valence-electron chi connectivity index (χ0n) is 15.4. The minimum absolute atomic E-state index is 0.122. The van der Waals surface area contributed by atoms with Crippen LogP contribution in [0.1, 0.15) is 28.4 Å². The molecular weight excluding hydrogens is 416 g/mol. The van der Waals surface area contributed by atoms with Gasteiger partial charge >= 0.3 is 0 Å². The van der Waals surface area contributed by atoms with E-state index in [4.69, 9.17) is 17.4 Å². The predicted octanol–water partition coefficient (Wildman–Crippen LogP) is 4.08. The number of aromatic amines is 1. The average Bonchev–Trinajstić information content (AvgIpc) is 3.15. The van der Waals surface area contributed by atoms with Crippen LogP contribution in [0.5, 0.6) is 0 Å². The minimum Gasteiger partial charge on any atom is -0.335 e. The molecule has 3 heterocycles. The molecule has 4 rings (SSSR count). The number of hydrogen-bond acceptors (Lipinski definition) is 7. The van der Waals surface area contributed by atoms with E-state index in [2.05, 4.69) is 20.2 Å². The molecule has 0 unspecified atom stereocenters. The third kappa shape index (κ3) is 3.30. The van der Waals surface area contributed by atoms with Crippen LogP contribution in [-0.2, 0) is 0 Å². The first-order valence-electron chi connectivity index (χ1n) is 8.48. The molecule has 0 aliphatic rings. The van der Waals surface area contributed by atoms with Crippen molar-refractivity contribution >= 4 is 44.9 Å². The van der Waals surface area contributed by atoms with Crippen LogP contribution in [0, 0.1) is 13.8 Å². The van der Waals surface area contributed by atoms with Crippen molar-refractivity contribution in [1.82, 2.24) is 24.8 Å². The number of thioether (sulfide) groups is 1. The number of nitrogens with two attached hydrogens (primary N) is 1. The van der Waals surface area contributed by atoms with Gasteiger partial charge in [0.2, 0.25) is 5.16 Å². The standard InChI is InChI=1S/C18H17ClN6OS2/c1-8-9(2)27-17-13(8)16(26)21-14(22-17)10(3)28-18-24-23-15(25(18)20)11-5-4-6-12(19)7-11/h4-7,10H,20H2,1-3H3,(H,21,22,26)/t10-/m1/s1. The Balaban J connectivity index is 1.65. The van der Waals surface area contributed by atoms with Crippen LogP contribution < -0.4 is 11.4 Å². The molecule has 0 bridgehead atoms. The van der Waals surface area contributed by atoms with Crippen LogP contribution in [0.25, 0.3) is 21.6 Å². The maximum atomic E-state index is 12.5. The molecule has 28 heavy (non-hydrogen) atoms. The normalized spacial score (nSPS) is 12.6. The number of fused-ring (bicyclic) bond motifs is 1. The molecule has 0 aliphatic carbocycles. The Morgan fingerprint density at radius 3 is 2.86 bits per heavy atom. The van der Waals surface area contributed by atoms with Gasteiger partial charge < -0.3 is 10.8 Å². The van der Waals surface area contributed by atoms with Gasteiger partial charge in [-0.3, -0.25) is 4.79 Å². The molecule has 0 aliphatic heterocycles. The molecule has 0 amide bonds. The van der Waals surface area contributed by atoms with Crippen LogP contribution >= 0.6 is 34.7 Å². The average molecular weight is 433 g/mol. The number of aryl methyl sites for hydroxylation is 2. The highest BCUT2D eigenvalue weighted by molar-refractivity contribution is 7.99. The molecule has 0 fully saturated rings. The van der Waals surface area contributed by atoms with Gasteiger partial charge in [-0.25, -0.2) is 9.66 Å². The number of halogens is 1. The third-order valence-electron chi connectivity index (χ3n) is 4.47. The summed E-state index contributed by atoms with van der Waals surface area (Å²) in [6, 6.07) is 7.26. The minimum atomic E-state index is -0.168. The molecule has 1 aromatic carbocycles. The number of nitrogens with one attached hydrogen (secondary N) is 1. The van der Waals surface area contributed by atoms with Crippen molar-refractivity contribution in [3.05, 3.63) is 55.9 Å². The zero-order valence-corrected chi connectivity index (χ0v) is 17.7. The smallest absolute Gasteiger partial charge is 0.259 e. The molecule has 3 aromatic heterocycles. The van der Waals surface area contributed by atoms with Gasteiger partial charge in [0.25, 0.3) is 5.56 Å². The van der Waals surface area contributed by atoms with Crippen molar-refractivity contribution in [2.24, 2.45) is 0 Å². The van der Waals surface area contributed by atoms with E-state index in [1.807, 2.05) is 32.9 Å². The summed E-state index contributed by atoms with van der Waals surface area (Å²) < 4.78 is 1.42. The lowest BCUT2D eigenvalue weighted by molar-refractivity contribution is 0.835. The molecule has 1 atom stereocenters. The van der Waals surface area contributed by atoms with Crippen molar-refractivity contribution in [2.45, 2.75) is 31.2 Å². The van der Waals surface area contributed by atoms with Crippen molar-refractivity contribution in [3.63, 3.8) is 0 Å². The molecule has 10 heteroatoms. The van der Waals surface area contributed by atoms with E-state index in [1.165, 1.54) is 27.8 Å². The number of aromatic nitrogens is 5. The Morgan fingerprint density at radius 2 is 2.11 bits per heavy atom. The fourth-order valence-electron chi connectivity index (χ4n) is 2.86. The molecule has 7 nitrogen and oxygen atoms in total. The quantitative estimate of drug-likeness (QED) is 0.372. The fraction of sp³-hybridized carbons (Fsp3) is 0.222. The number of hydrogen-bond donors (Lipinski definition) is 2. The van der Waals surface area contributed by atoms with Crippen LogP contribution in [0.4, 0.5) is 0 Å². The third-order valence-corrected chi connectivity index (χ3v) is 6.87. The molecule has 0 saturated heterocycles. The monoisotopic (exact) mass is 432 g/mol. The Morgan fingerprint density at radius 1 is 1.32 bits per heavy atom. The van der Waals surface area contributed by atoms with Gasteiger partial charge in [0.05, 0.1) is 10.6 Å². The highest BCUT2D eigenvalue weighted by atomic mass is 35.5. The summed E-state index contributed by atoms with van der Waals surface area (Å²) in [5.74, 6) is 7.29. The number of nitrogen functional groups attached to an aromatic ring is 1. The second-order valence-electron chi connectivity index (χ2n) is 6.36. The molecule has 144 valence electrons. The van der Waals surface area contributed by atoms with Crippen molar-refractivity contribution in [3.8, 4) is 11.4 Å². The Hall–Kier alpha value is -2.36. The van der Waals surface area contributed by atoms with Crippen LogP contribution in [0.2, 0.25) is 5.02 Å². The highest BCUT2D eigenvalue weighted by Crippen LogP contribution is 2.34. The molecular formula is C18H17ClN6OS2. The number of benzene rings is 1. The van der Waals surface area contributed by atoms with E-state index < -0.39 is 0 Å². The first kappa shape index (κ1) is 19.0. The summed E-state index contributed by atoms with van der Waals surface area (Å²) in [6.45, 7) is 5.88. The number of thiophene rings is 1. The topological polar surface area (TPSA) is 102 Å². The summed E-state index contributed by atoms with van der Waals surface area (Å²) in [5, 5.41) is 9.96. The summed E-state index contributed by atoms with van der Waals surface area (Å²) >= 11 is 8.95. The maximum Gasteiger partial charge on any atom is 0.259 e. The van der Waals surface area contributed by atoms with E-state index in [-0.39, 0.29) is 10.8 Å². The summed E-state index contributed by atoms with van der Waals surface area (Å²) in [6.07, 6.45) is 0. The summed E-state index contributed by atoms with van der Waals surface area (Å²) in [4.78, 5) is 21.9. The van der Waals surface area contributed by atoms with Gasteiger partial charge in [-0.15, -0.1) is 21.5 Å². The largest absolute Gasteiger partial charge is 0.335 e. The molecule has 4 aromatic rings. The zero-order chi connectivity index (χ0) is 20.0. The van der Waals surface area contributed by atoms with E-state index in [0.29, 0.717) is 27.2 Å². The second kappa shape index (κ2) is 7.23. The van der Waals surface area contributed by atoms with Gasteiger partial charge in [-0.1, -0.05) is 35.5 Å². The van der Waals surface area contributed by atoms with Gasteiger partial charge in [0, 0.05) is 15.5 Å². The van der Waals surface area contributed by atoms with Gasteiger partial charge in [0.1, 0.15) is 10.7 Å². The Kier molecular flexibility index (Phi) is 4.90. The predicted molar refractivity (Wildman–Crippen MR) is 115 cm³/mol. The van der Waals surface area contributed by atoms with E-state index in [0.717, 1.165) is 20.8 Å². The highest BCUT2D eigenvalue weighted by Gasteiger charge is 2.20. The van der Waals surface area contributed by atoms with Crippen molar-refractivity contribution < 1.29 is 0 Å². The molecule has 0 spiro atoms. The first-order valence-corrected chi connectivity index (χ1v) is 10.6. The lowest BCUT2D eigenvalue weighted by Crippen LogP contribution is -2.14. The number of rotatable bonds is 4. The van der Waals surface area contributed by atoms with Crippen LogP contribution in [0.3, 0.4) is 0 Å². The van der Waals surface area contributed by atoms with Crippen LogP contribution in [-0.4, -0.2) is 24.8 Å². The molecule has 0 saturated carbocycles. The van der Waals surface area contributed by atoms with Crippen molar-refractivity contribution in [1.29, 1.82) is 0 Å². The lowest BCUT2D eigenvalue weighted by atomic mass is 10.2. The van der Waals surface area contributed by atoms with Crippen molar-refractivity contribution in [2.75, 3.05) is 5.84 Å².